The van der Waals surface area contributed by atoms with Gasteiger partial charge in [0.05, 0.1) is 11.3 Å². The van der Waals surface area contributed by atoms with Crippen molar-refractivity contribution in [2.75, 3.05) is 18.2 Å². The molecule has 1 aromatic heterocycles. The summed E-state index contributed by atoms with van der Waals surface area (Å²) in [5, 5.41) is 12.2. The second-order valence-corrected chi connectivity index (χ2v) is 4.87. The number of halogens is 1. The zero-order chi connectivity index (χ0) is 14.5. The molecule has 1 aromatic carbocycles. The number of hydrogen-bond acceptors (Lipinski definition) is 6. The molecule has 0 amide bonds. The van der Waals surface area contributed by atoms with Gasteiger partial charge in [-0.15, -0.1) is 0 Å². The summed E-state index contributed by atoms with van der Waals surface area (Å²) in [5.74, 6) is 1.32. The monoisotopic (exact) mass is 333 g/mol. The van der Waals surface area contributed by atoms with Crippen LogP contribution in [-0.4, -0.2) is 17.1 Å². The third kappa shape index (κ3) is 3.44. The number of ether oxygens (including phenoxy) is 1. The van der Waals surface area contributed by atoms with Crippen LogP contribution in [0.3, 0.4) is 0 Å². The summed E-state index contributed by atoms with van der Waals surface area (Å²) in [7, 11) is 1.56. The van der Waals surface area contributed by atoms with Gasteiger partial charge in [-0.05, 0) is 18.2 Å². The van der Waals surface area contributed by atoms with Crippen LogP contribution in [0.25, 0.3) is 0 Å². The zero-order valence-corrected chi connectivity index (χ0v) is 12.3. The number of methoxy groups -OCH3 is 1. The van der Waals surface area contributed by atoms with Crippen LogP contribution in [0.4, 0.5) is 17.3 Å². The maximum absolute atomic E-state index is 9.10. The lowest BCUT2D eigenvalue weighted by Gasteiger charge is -2.10. The van der Waals surface area contributed by atoms with E-state index in [1.807, 2.05) is 0 Å². The first-order valence-electron chi connectivity index (χ1n) is 5.71. The molecule has 0 saturated heterocycles. The van der Waals surface area contributed by atoms with Crippen LogP contribution in [-0.2, 0) is 11.3 Å². The molecule has 0 aliphatic carbocycles. The van der Waals surface area contributed by atoms with Gasteiger partial charge in [-0.3, -0.25) is 0 Å². The minimum Gasteiger partial charge on any atom is -0.384 e. The molecular weight excluding hydrogens is 322 g/mol. The number of anilines is 3. The predicted molar refractivity (Wildman–Crippen MR) is 79.3 cm³/mol. The molecule has 1 heterocycles. The Morgan fingerprint density at radius 1 is 1.40 bits per heavy atom. The highest BCUT2D eigenvalue weighted by molar-refractivity contribution is 9.10. The number of benzene rings is 1. The normalized spacial score (nSPS) is 10.1. The Hall–Kier alpha value is -2.17. The average Bonchev–Trinajstić information content (AvgIpc) is 2.38. The Balaban J connectivity index is 2.35. The molecule has 102 valence electrons. The van der Waals surface area contributed by atoms with Gasteiger partial charge in [0.25, 0.3) is 0 Å². The van der Waals surface area contributed by atoms with Crippen LogP contribution in [0.15, 0.2) is 28.7 Å². The van der Waals surface area contributed by atoms with Crippen molar-refractivity contribution in [3.8, 4) is 6.07 Å². The smallest absolute Gasteiger partial charge is 0.158 e. The lowest BCUT2D eigenvalue weighted by atomic mass is 10.2. The summed E-state index contributed by atoms with van der Waals surface area (Å²) in [6, 6.07) is 9.03. The Morgan fingerprint density at radius 2 is 2.20 bits per heavy atom. The first-order chi connectivity index (χ1) is 9.62. The Bertz CT molecular complexity index is 668. The molecule has 0 fully saturated rings. The maximum atomic E-state index is 9.10. The van der Waals surface area contributed by atoms with E-state index in [2.05, 4.69) is 37.3 Å². The average molecular weight is 334 g/mol. The molecule has 2 rings (SSSR count). The number of rotatable bonds is 4. The van der Waals surface area contributed by atoms with Gasteiger partial charge in [-0.1, -0.05) is 15.9 Å². The molecule has 0 atom stereocenters. The van der Waals surface area contributed by atoms with E-state index >= 15 is 0 Å². The van der Waals surface area contributed by atoms with Gasteiger partial charge in [-0.2, -0.15) is 5.26 Å². The van der Waals surface area contributed by atoms with E-state index in [9.17, 15) is 0 Å². The first kappa shape index (κ1) is 14.2. The van der Waals surface area contributed by atoms with E-state index in [4.69, 9.17) is 15.7 Å². The zero-order valence-electron chi connectivity index (χ0n) is 10.7. The topological polar surface area (TPSA) is 96.9 Å². The van der Waals surface area contributed by atoms with Crippen molar-refractivity contribution < 1.29 is 4.74 Å². The van der Waals surface area contributed by atoms with Crippen molar-refractivity contribution in [3.05, 3.63) is 40.1 Å². The van der Waals surface area contributed by atoms with Crippen molar-refractivity contribution in [1.29, 1.82) is 5.26 Å². The lowest BCUT2D eigenvalue weighted by molar-refractivity contribution is 0.178. The molecule has 0 saturated carbocycles. The lowest BCUT2D eigenvalue weighted by Crippen LogP contribution is -2.05. The van der Waals surface area contributed by atoms with Gasteiger partial charge in [0.2, 0.25) is 0 Å². The fraction of sp³-hybridized carbons (Fsp3) is 0.154. The molecule has 0 radical (unpaired) electrons. The molecule has 7 heteroatoms. The molecule has 0 unspecified atom stereocenters. The number of nitrogens with two attached hydrogens (primary N) is 1. The number of nitrogen functional groups attached to an aromatic ring is 1. The Kier molecular flexibility index (Phi) is 4.50. The van der Waals surface area contributed by atoms with Crippen LogP contribution in [0.2, 0.25) is 0 Å². The van der Waals surface area contributed by atoms with Gasteiger partial charge in [0.15, 0.2) is 5.82 Å². The number of nitrogens with zero attached hydrogens (tertiary/aromatic N) is 3. The standard InChI is InChI=1S/C13H12BrN5O/c1-20-7-13-18-11(16)5-12(19-13)17-10-4-9(14)3-2-8(10)6-15/h2-5H,7H2,1H3,(H3,16,17,18,19). The quantitative estimate of drug-likeness (QED) is 0.892. The second kappa shape index (κ2) is 6.32. The van der Waals surface area contributed by atoms with E-state index in [-0.39, 0.29) is 6.61 Å². The third-order valence-electron chi connectivity index (χ3n) is 2.43. The molecule has 0 aliphatic rings. The Labute approximate surface area is 124 Å². The highest BCUT2D eigenvalue weighted by Crippen LogP contribution is 2.24. The number of hydrogen-bond donors (Lipinski definition) is 2. The summed E-state index contributed by atoms with van der Waals surface area (Å²) in [5.41, 5.74) is 6.88. The van der Waals surface area contributed by atoms with Crippen molar-refractivity contribution in [2.24, 2.45) is 0 Å². The van der Waals surface area contributed by atoms with Crippen LogP contribution in [0, 0.1) is 11.3 Å². The second-order valence-electron chi connectivity index (χ2n) is 3.95. The summed E-state index contributed by atoms with van der Waals surface area (Å²) in [4.78, 5) is 8.32. The van der Waals surface area contributed by atoms with Gasteiger partial charge in [0.1, 0.15) is 24.3 Å². The van der Waals surface area contributed by atoms with Crippen LogP contribution in [0.1, 0.15) is 11.4 Å². The van der Waals surface area contributed by atoms with E-state index in [1.165, 1.54) is 0 Å². The minimum absolute atomic E-state index is 0.267. The van der Waals surface area contributed by atoms with Crippen LogP contribution in [0.5, 0.6) is 0 Å². The maximum Gasteiger partial charge on any atom is 0.158 e. The molecule has 0 bridgehead atoms. The largest absolute Gasteiger partial charge is 0.384 e. The molecular formula is C13H12BrN5O. The molecule has 0 aliphatic heterocycles. The van der Waals surface area contributed by atoms with Crippen molar-refractivity contribution in [2.45, 2.75) is 6.61 Å². The van der Waals surface area contributed by atoms with Crippen molar-refractivity contribution >= 4 is 33.3 Å². The molecule has 0 spiro atoms. The molecule has 3 N–H and O–H groups in total. The van der Waals surface area contributed by atoms with Crippen LogP contribution >= 0.6 is 15.9 Å². The van der Waals surface area contributed by atoms with Gasteiger partial charge in [0, 0.05) is 17.6 Å². The van der Waals surface area contributed by atoms with Gasteiger partial charge >= 0.3 is 0 Å². The van der Waals surface area contributed by atoms with Crippen molar-refractivity contribution in [3.63, 3.8) is 0 Å². The molecule has 2 aromatic rings. The summed E-state index contributed by atoms with van der Waals surface area (Å²) < 4.78 is 5.84. The summed E-state index contributed by atoms with van der Waals surface area (Å²) >= 11 is 3.37. The number of nitriles is 1. The van der Waals surface area contributed by atoms with Gasteiger partial charge in [-0.25, -0.2) is 9.97 Å². The van der Waals surface area contributed by atoms with Crippen molar-refractivity contribution in [1.82, 2.24) is 9.97 Å². The minimum atomic E-state index is 0.267. The Morgan fingerprint density at radius 3 is 2.90 bits per heavy atom. The fourth-order valence-corrected chi connectivity index (χ4v) is 1.99. The van der Waals surface area contributed by atoms with Crippen LogP contribution < -0.4 is 11.1 Å². The predicted octanol–water partition coefficient (Wildman–Crippen LogP) is 2.58. The summed E-state index contributed by atoms with van der Waals surface area (Å²) in [6.07, 6.45) is 0. The highest BCUT2D eigenvalue weighted by atomic mass is 79.9. The van der Waals surface area contributed by atoms with E-state index in [1.54, 1.807) is 31.4 Å². The molecule has 20 heavy (non-hydrogen) atoms. The van der Waals surface area contributed by atoms with E-state index in [0.29, 0.717) is 28.7 Å². The van der Waals surface area contributed by atoms with E-state index < -0.39 is 0 Å². The molecule has 6 nitrogen and oxygen atoms in total. The van der Waals surface area contributed by atoms with E-state index in [0.717, 1.165) is 4.47 Å². The SMILES string of the molecule is COCc1nc(N)cc(Nc2cc(Br)ccc2C#N)n1. The number of nitrogens with one attached hydrogen (secondary N) is 1. The first-order valence-corrected chi connectivity index (χ1v) is 6.50. The van der Waals surface area contributed by atoms with Gasteiger partial charge < -0.3 is 15.8 Å². The summed E-state index contributed by atoms with van der Waals surface area (Å²) in [6.45, 7) is 0.267. The highest BCUT2D eigenvalue weighted by Gasteiger charge is 2.07. The third-order valence-corrected chi connectivity index (χ3v) is 2.92. The fourth-order valence-electron chi connectivity index (χ4n) is 1.63. The number of aromatic nitrogens is 2.